The highest BCUT2D eigenvalue weighted by molar-refractivity contribution is 5.44. The molecule has 0 bridgehead atoms. The summed E-state index contributed by atoms with van der Waals surface area (Å²) in [5.41, 5.74) is 3.84. The van der Waals surface area contributed by atoms with Gasteiger partial charge in [0.1, 0.15) is 0 Å². The fourth-order valence-electron chi connectivity index (χ4n) is 3.98. The van der Waals surface area contributed by atoms with E-state index in [-0.39, 0.29) is 0 Å². The van der Waals surface area contributed by atoms with Gasteiger partial charge in [0.05, 0.1) is 0 Å². The maximum Gasteiger partial charge on any atom is -0.00699 e. The Bertz CT molecular complexity index is 392. The van der Waals surface area contributed by atoms with Crippen LogP contribution in [0.4, 0.5) is 0 Å². The quantitative estimate of drug-likeness (QED) is 0.521. The zero-order valence-electron chi connectivity index (χ0n) is 10.7. The van der Waals surface area contributed by atoms with Gasteiger partial charge in [0.15, 0.2) is 0 Å². The van der Waals surface area contributed by atoms with E-state index in [1.54, 1.807) is 11.1 Å². The summed E-state index contributed by atoms with van der Waals surface area (Å²) in [4.78, 5) is 0. The first-order chi connectivity index (χ1) is 7.60. The summed E-state index contributed by atoms with van der Waals surface area (Å²) in [7, 11) is 0. The monoisotopic (exact) mass is 214 g/mol. The molecule has 0 fully saturated rings. The lowest BCUT2D eigenvalue weighted by atomic mass is 9.70. The van der Waals surface area contributed by atoms with Crippen LogP contribution in [0.5, 0.6) is 0 Å². The van der Waals surface area contributed by atoms with E-state index in [4.69, 9.17) is 0 Å². The van der Waals surface area contributed by atoms with Crippen molar-refractivity contribution in [1.82, 2.24) is 0 Å². The Morgan fingerprint density at radius 3 is 2.88 bits per heavy atom. The number of hydrogen-bond donors (Lipinski definition) is 0. The van der Waals surface area contributed by atoms with Gasteiger partial charge in [-0.05, 0) is 48.0 Å². The molecule has 3 aliphatic carbocycles. The van der Waals surface area contributed by atoms with E-state index in [9.17, 15) is 0 Å². The van der Waals surface area contributed by atoms with Crippen molar-refractivity contribution in [1.29, 1.82) is 0 Å². The average Bonchev–Trinajstić information content (AvgIpc) is 2.49. The maximum absolute atomic E-state index is 2.49. The lowest BCUT2D eigenvalue weighted by molar-refractivity contribution is 0.268. The predicted molar refractivity (Wildman–Crippen MR) is 69.1 cm³/mol. The van der Waals surface area contributed by atoms with Crippen molar-refractivity contribution >= 4 is 0 Å². The van der Waals surface area contributed by atoms with Gasteiger partial charge in [0.2, 0.25) is 0 Å². The zero-order chi connectivity index (χ0) is 11.3. The third-order valence-corrected chi connectivity index (χ3v) is 4.91. The first kappa shape index (κ1) is 10.4. The Morgan fingerprint density at radius 2 is 2.06 bits per heavy atom. The van der Waals surface area contributed by atoms with Crippen molar-refractivity contribution in [3.8, 4) is 0 Å². The minimum atomic E-state index is 0.399. The van der Waals surface area contributed by atoms with Gasteiger partial charge in [-0.15, -0.1) is 0 Å². The van der Waals surface area contributed by atoms with Crippen LogP contribution in [0.15, 0.2) is 35.5 Å². The SMILES string of the molecule is CC1C=CC2=C(C1)C(C)(C)C1C=CCCC21. The van der Waals surface area contributed by atoms with Gasteiger partial charge in [-0.2, -0.15) is 0 Å². The highest BCUT2D eigenvalue weighted by Gasteiger charge is 2.46. The Kier molecular flexibility index (Phi) is 2.18. The van der Waals surface area contributed by atoms with E-state index < -0.39 is 0 Å². The molecule has 0 N–H and O–H groups in total. The molecule has 0 aromatic rings. The van der Waals surface area contributed by atoms with Gasteiger partial charge in [-0.25, -0.2) is 0 Å². The minimum absolute atomic E-state index is 0.399. The zero-order valence-corrected chi connectivity index (χ0v) is 10.7. The first-order valence-electron chi connectivity index (χ1n) is 6.69. The first-order valence-corrected chi connectivity index (χ1v) is 6.69. The fourth-order valence-corrected chi connectivity index (χ4v) is 3.98. The van der Waals surface area contributed by atoms with Crippen LogP contribution in [-0.2, 0) is 0 Å². The van der Waals surface area contributed by atoms with E-state index in [2.05, 4.69) is 45.1 Å². The highest BCUT2D eigenvalue weighted by Crippen LogP contribution is 2.57. The standard InChI is InChI=1S/C16H22/c1-11-8-9-13-12-6-4-5-7-14(12)16(2,3)15(13)10-11/h5,7-9,11-12,14H,4,6,10H2,1-3H3. The molecule has 3 unspecified atom stereocenters. The third-order valence-electron chi connectivity index (χ3n) is 4.91. The summed E-state index contributed by atoms with van der Waals surface area (Å²) >= 11 is 0. The molecule has 0 nitrogen and oxygen atoms in total. The van der Waals surface area contributed by atoms with Gasteiger partial charge < -0.3 is 0 Å². The van der Waals surface area contributed by atoms with E-state index >= 15 is 0 Å². The smallest absolute Gasteiger partial charge is 0.00699 e. The lowest BCUT2D eigenvalue weighted by Gasteiger charge is -2.33. The molecule has 3 rings (SSSR count). The number of hydrogen-bond acceptors (Lipinski definition) is 0. The fraction of sp³-hybridized carbons (Fsp3) is 0.625. The van der Waals surface area contributed by atoms with Crippen LogP contribution in [0.1, 0.15) is 40.0 Å². The largest absolute Gasteiger partial charge is 0.0882 e. The second-order valence-electron chi connectivity index (χ2n) is 6.33. The third kappa shape index (κ3) is 1.28. The summed E-state index contributed by atoms with van der Waals surface area (Å²) in [5.74, 6) is 2.32. The maximum atomic E-state index is 2.49. The molecule has 0 saturated heterocycles. The molecule has 0 radical (unpaired) electrons. The van der Waals surface area contributed by atoms with Crippen LogP contribution in [0.25, 0.3) is 0 Å². The van der Waals surface area contributed by atoms with Gasteiger partial charge in [0.25, 0.3) is 0 Å². The molecular formula is C16H22. The van der Waals surface area contributed by atoms with Crippen molar-refractivity contribution in [3.63, 3.8) is 0 Å². The molecule has 3 atom stereocenters. The Hall–Kier alpha value is -0.780. The molecule has 3 aliphatic rings. The van der Waals surface area contributed by atoms with Crippen molar-refractivity contribution in [2.75, 3.05) is 0 Å². The van der Waals surface area contributed by atoms with Crippen LogP contribution in [0.2, 0.25) is 0 Å². The van der Waals surface area contributed by atoms with Gasteiger partial charge in [-0.1, -0.05) is 50.6 Å². The second kappa shape index (κ2) is 3.35. The average molecular weight is 214 g/mol. The normalized spacial score (nSPS) is 39.8. The molecule has 0 heteroatoms. The summed E-state index contributed by atoms with van der Waals surface area (Å²) in [6, 6.07) is 0. The van der Waals surface area contributed by atoms with Crippen LogP contribution in [0, 0.1) is 23.2 Å². The summed E-state index contributed by atoms with van der Waals surface area (Å²) in [6.45, 7) is 7.25. The molecular weight excluding hydrogens is 192 g/mol. The topological polar surface area (TPSA) is 0 Å². The molecule has 0 heterocycles. The lowest BCUT2D eigenvalue weighted by Crippen LogP contribution is -2.25. The Balaban J connectivity index is 2.07. The molecule has 0 aromatic heterocycles. The predicted octanol–water partition coefficient (Wildman–Crippen LogP) is 4.50. The molecule has 0 aliphatic heterocycles. The van der Waals surface area contributed by atoms with E-state index in [1.165, 1.54) is 19.3 Å². The second-order valence-corrected chi connectivity index (χ2v) is 6.33. The summed E-state index contributed by atoms with van der Waals surface area (Å²) < 4.78 is 0. The van der Waals surface area contributed by atoms with Crippen molar-refractivity contribution in [2.45, 2.75) is 40.0 Å². The van der Waals surface area contributed by atoms with Crippen LogP contribution < -0.4 is 0 Å². The minimum Gasteiger partial charge on any atom is -0.0882 e. The van der Waals surface area contributed by atoms with E-state index in [0.717, 1.165) is 17.8 Å². The molecule has 86 valence electrons. The number of fused-ring (bicyclic) bond motifs is 2. The molecule has 0 spiro atoms. The molecule has 0 saturated carbocycles. The van der Waals surface area contributed by atoms with Crippen LogP contribution in [0.3, 0.4) is 0 Å². The van der Waals surface area contributed by atoms with Gasteiger partial charge >= 0.3 is 0 Å². The van der Waals surface area contributed by atoms with E-state index in [0.29, 0.717) is 5.41 Å². The molecule has 0 aromatic carbocycles. The van der Waals surface area contributed by atoms with Crippen LogP contribution >= 0.6 is 0 Å². The van der Waals surface area contributed by atoms with Crippen molar-refractivity contribution in [2.24, 2.45) is 23.2 Å². The Morgan fingerprint density at radius 1 is 1.25 bits per heavy atom. The summed E-state index contributed by atoms with van der Waals surface area (Å²) in [6.07, 6.45) is 13.7. The van der Waals surface area contributed by atoms with Crippen molar-refractivity contribution < 1.29 is 0 Å². The van der Waals surface area contributed by atoms with Gasteiger partial charge in [-0.3, -0.25) is 0 Å². The van der Waals surface area contributed by atoms with Crippen molar-refractivity contribution in [3.05, 3.63) is 35.5 Å². The summed E-state index contributed by atoms with van der Waals surface area (Å²) in [5, 5.41) is 0. The number of rotatable bonds is 0. The van der Waals surface area contributed by atoms with Gasteiger partial charge in [0, 0.05) is 0 Å². The Labute approximate surface area is 99.1 Å². The molecule has 0 amide bonds. The number of allylic oxidation sites excluding steroid dienone is 6. The highest BCUT2D eigenvalue weighted by atomic mass is 14.5. The van der Waals surface area contributed by atoms with E-state index in [1.807, 2.05) is 0 Å². The van der Waals surface area contributed by atoms with Crippen LogP contribution in [-0.4, -0.2) is 0 Å². The molecule has 16 heavy (non-hydrogen) atoms.